The van der Waals surface area contributed by atoms with Gasteiger partial charge in [0, 0.05) is 20.2 Å². The van der Waals surface area contributed by atoms with Crippen molar-refractivity contribution in [1.82, 2.24) is 0 Å². The van der Waals surface area contributed by atoms with Gasteiger partial charge in [-0.15, -0.1) is 11.3 Å². The molecule has 23 heavy (non-hydrogen) atoms. The third kappa shape index (κ3) is 2.46. The molecule has 0 N–H and O–H groups in total. The molecule has 0 aliphatic heterocycles. The molecule has 114 valence electrons. The first-order valence-electron chi connectivity index (χ1n) is 8.05. The summed E-state index contributed by atoms with van der Waals surface area (Å²) in [6, 6.07) is 24.3. The summed E-state index contributed by atoms with van der Waals surface area (Å²) >= 11 is 1.91. The lowest BCUT2D eigenvalue weighted by molar-refractivity contribution is 0.591. The van der Waals surface area contributed by atoms with Crippen molar-refractivity contribution in [2.75, 3.05) is 0 Å². The summed E-state index contributed by atoms with van der Waals surface area (Å²) in [6.07, 6.45) is 0. The molecule has 0 fully saturated rings. The van der Waals surface area contributed by atoms with E-state index in [1.54, 1.807) is 0 Å². The van der Waals surface area contributed by atoms with Gasteiger partial charge in [0.2, 0.25) is 0 Å². The third-order valence-electron chi connectivity index (χ3n) is 4.45. The second-order valence-electron chi connectivity index (χ2n) is 7.11. The Balaban J connectivity index is 2.01. The van der Waals surface area contributed by atoms with E-state index in [1.807, 2.05) is 11.3 Å². The molecule has 0 aliphatic rings. The lowest BCUT2D eigenvalue weighted by Crippen LogP contribution is -2.10. The van der Waals surface area contributed by atoms with Gasteiger partial charge in [-0.05, 0) is 28.2 Å². The topological polar surface area (TPSA) is 0 Å². The van der Waals surface area contributed by atoms with E-state index in [4.69, 9.17) is 0 Å². The van der Waals surface area contributed by atoms with Crippen LogP contribution in [0.5, 0.6) is 0 Å². The average molecular weight is 316 g/mol. The summed E-state index contributed by atoms with van der Waals surface area (Å²) in [5.41, 5.74) is 4.22. The molecule has 0 spiro atoms. The van der Waals surface area contributed by atoms with Crippen LogP contribution in [0.3, 0.4) is 0 Å². The van der Waals surface area contributed by atoms with Crippen LogP contribution in [0.4, 0.5) is 0 Å². The Hall–Kier alpha value is -2.12. The minimum Gasteiger partial charge on any atom is -0.135 e. The van der Waals surface area contributed by atoms with Crippen LogP contribution in [0, 0.1) is 0 Å². The van der Waals surface area contributed by atoms with Crippen molar-refractivity contribution in [2.24, 2.45) is 0 Å². The quantitative estimate of drug-likeness (QED) is 0.354. The number of thiophene rings is 1. The zero-order valence-corrected chi connectivity index (χ0v) is 14.6. The van der Waals surface area contributed by atoms with Gasteiger partial charge < -0.3 is 0 Å². The molecule has 0 amide bonds. The zero-order valence-electron chi connectivity index (χ0n) is 13.8. The largest absolute Gasteiger partial charge is 0.135 e. The van der Waals surface area contributed by atoms with Crippen LogP contribution >= 0.6 is 11.3 Å². The normalized spacial score (nSPS) is 12.1. The summed E-state index contributed by atoms with van der Waals surface area (Å²) in [5, 5.41) is 2.74. The average Bonchev–Trinajstić information content (AvgIpc) is 2.92. The Morgan fingerprint density at radius 1 is 0.739 bits per heavy atom. The van der Waals surface area contributed by atoms with Crippen LogP contribution < -0.4 is 0 Å². The van der Waals surface area contributed by atoms with Gasteiger partial charge in [0.15, 0.2) is 0 Å². The number of rotatable bonds is 1. The fourth-order valence-electron chi connectivity index (χ4n) is 3.11. The lowest BCUT2D eigenvalue weighted by atomic mass is 9.87. The highest BCUT2D eigenvalue weighted by Gasteiger charge is 2.16. The summed E-state index contributed by atoms with van der Waals surface area (Å²) in [7, 11) is 0. The molecular formula is C22H20S. The molecule has 0 radical (unpaired) electrons. The van der Waals surface area contributed by atoms with Gasteiger partial charge in [-0.2, -0.15) is 0 Å². The minimum absolute atomic E-state index is 0.187. The summed E-state index contributed by atoms with van der Waals surface area (Å²) in [6.45, 7) is 6.82. The Bertz CT molecular complexity index is 985. The van der Waals surface area contributed by atoms with E-state index in [9.17, 15) is 0 Å². The standard InChI is InChI=1S/C22H20S/c1-22(2,3)16-12-13-18-19-11-7-10-17(15-8-5-4-6-9-15)21(19)23-20(18)14-16/h4-14H,1-3H3. The molecule has 0 nitrogen and oxygen atoms in total. The molecule has 1 heteroatoms. The van der Waals surface area contributed by atoms with Gasteiger partial charge in [0.1, 0.15) is 0 Å². The molecular weight excluding hydrogens is 296 g/mol. The predicted molar refractivity (Wildman–Crippen MR) is 103 cm³/mol. The second kappa shape index (κ2) is 5.21. The second-order valence-corrected chi connectivity index (χ2v) is 8.16. The third-order valence-corrected chi connectivity index (χ3v) is 5.65. The van der Waals surface area contributed by atoms with Crippen molar-refractivity contribution in [3.63, 3.8) is 0 Å². The highest BCUT2D eigenvalue weighted by molar-refractivity contribution is 7.26. The van der Waals surface area contributed by atoms with E-state index in [2.05, 4.69) is 87.5 Å². The van der Waals surface area contributed by atoms with Crippen LogP contribution in [0.2, 0.25) is 0 Å². The van der Waals surface area contributed by atoms with Crippen molar-refractivity contribution in [3.05, 3.63) is 72.3 Å². The maximum Gasteiger partial charge on any atom is 0.0433 e. The Kier molecular flexibility index (Phi) is 3.28. The predicted octanol–water partition coefficient (Wildman–Crippen LogP) is 7.02. The number of hydrogen-bond acceptors (Lipinski definition) is 1. The van der Waals surface area contributed by atoms with E-state index >= 15 is 0 Å². The smallest absolute Gasteiger partial charge is 0.0433 e. The van der Waals surface area contributed by atoms with Crippen molar-refractivity contribution in [3.8, 4) is 11.1 Å². The molecule has 1 aromatic heterocycles. The molecule has 0 unspecified atom stereocenters. The van der Waals surface area contributed by atoms with Gasteiger partial charge in [-0.3, -0.25) is 0 Å². The molecule has 4 aromatic rings. The van der Waals surface area contributed by atoms with Crippen molar-refractivity contribution >= 4 is 31.5 Å². The lowest BCUT2D eigenvalue weighted by Gasteiger charge is -2.18. The maximum absolute atomic E-state index is 2.37. The maximum atomic E-state index is 2.37. The molecule has 0 bridgehead atoms. The molecule has 0 saturated carbocycles. The van der Waals surface area contributed by atoms with Crippen LogP contribution in [0.25, 0.3) is 31.3 Å². The minimum atomic E-state index is 0.187. The molecule has 3 aromatic carbocycles. The van der Waals surface area contributed by atoms with Gasteiger partial charge in [-0.25, -0.2) is 0 Å². The van der Waals surface area contributed by atoms with Crippen LogP contribution in [0.15, 0.2) is 66.7 Å². The molecule has 0 atom stereocenters. The van der Waals surface area contributed by atoms with Crippen LogP contribution in [-0.2, 0) is 5.41 Å². The number of hydrogen-bond donors (Lipinski definition) is 0. The number of fused-ring (bicyclic) bond motifs is 3. The fourth-order valence-corrected chi connectivity index (χ4v) is 4.39. The Morgan fingerprint density at radius 2 is 1.52 bits per heavy atom. The fraction of sp³-hybridized carbons (Fsp3) is 0.182. The van der Waals surface area contributed by atoms with Crippen molar-refractivity contribution in [1.29, 1.82) is 0 Å². The highest BCUT2D eigenvalue weighted by Crippen LogP contribution is 2.41. The Labute approximate surface area is 141 Å². The molecule has 1 heterocycles. The Morgan fingerprint density at radius 3 is 2.26 bits per heavy atom. The van der Waals surface area contributed by atoms with E-state index in [0.717, 1.165) is 0 Å². The summed E-state index contributed by atoms with van der Waals surface area (Å²) < 4.78 is 2.77. The monoisotopic (exact) mass is 316 g/mol. The van der Waals surface area contributed by atoms with E-state index < -0.39 is 0 Å². The summed E-state index contributed by atoms with van der Waals surface area (Å²) in [5.74, 6) is 0. The van der Waals surface area contributed by atoms with Gasteiger partial charge in [-0.1, -0.05) is 81.4 Å². The van der Waals surface area contributed by atoms with Crippen LogP contribution in [-0.4, -0.2) is 0 Å². The van der Waals surface area contributed by atoms with E-state index in [-0.39, 0.29) is 5.41 Å². The van der Waals surface area contributed by atoms with Gasteiger partial charge in [0.25, 0.3) is 0 Å². The summed E-state index contributed by atoms with van der Waals surface area (Å²) in [4.78, 5) is 0. The molecule has 0 aliphatic carbocycles. The molecule has 0 saturated heterocycles. The van der Waals surface area contributed by atoms with Crippen LogP contribution in [0.1, 0.15) is 26.3 Å². The number of benzene rings is 3. The van der Waals surface area contributed by atoms with Gasteiger partial charge >= 0.3 is 0 Å². The van der Waals surface area contributed by atoms with Crippen molar-refractivity contribution in [2.45, 2.75) is 26.2 Å². The SMILES string of the molecule is CC(C)(C)c1ccc2c(c1)sc1c(-c3ccccc3)cccc12. The van der Waals surface area contributed by atoms with E-state index in [0.29, 0.717) is 0 Å². The van der Waals surface area contributed by atoms with Gasteiger partial charge in [0.05, 0.1) is 0 Å². The highest BCUT2D eigenvalue weighted by atomic mass is 32.1. The first kappa shape index (κ1) is 14.5. The zero-order chi connectivity index (χ0) is 16.0. The first-order valence-corrected chi connectivity index (χ1v) is 8.87. The molecule has 4 rings (SSSR count). The van der Waals surface area contributed by atoms with E-state index in [1.165, 1.54) is 36.9 Å². The first-order chi connectivity index (χ1) is 11.0. The van der Waals surface area contributed by atoms with Crippen molar-refractivity contribution < 1.29 is 0 Å².